The zero-order chi connectivity index (χ0) is 16.6. The van der Waals surface area contributed by atoms with E-state index in [9.17, 15) is 15.2 Å². The van der Waals surface area contributed by atoms with E-state index >= 15 is 0 Å². The van der Waals surface area contributed by atoms with Gasteiger partial charge in [0.15, 0.2) is 5.00 Å². The summed E-state index contributed by atoms with van der Waals surface area (Å²) in [5.41, 5.74) is 0.713. The van der Waals surface area contributed by atoms with Gasteiger partial charge in [0, 0.05) is 17.5 Å². The molecule has 0 amide bonds. The van der Waals surface area contributed by atoms with Gasteiger partial charge in [-0.15, -0.1) is 10.2 Å². The molecule has 1 aromatic heterocycles. The molecule has 0 spiro atoms. The van der Waals surface area contributed by atoms with Crippen LogP contribution in [0.3, 0.4) is 0 Å². The van der Waals surface area contributed by atoms with Gasteiger partial charge in [-0.2, -0.15) is 4.37 Å². The van der Waals surface area contributed by atoms with Crippen LogP contribution in [0.4, 0.5) is 16.4 Å². The maximum absolute atomic E-state index is 10.8. The number of phenolic OH excluding ortho intramolecular Hbond substituents is 1. The predicted octanol–water partition coefficient (Wildman–Crippen LogP) is 5.63. The Balaban J connectivity index is 1.99. The Morgan fingerprint density at radius 3 is 2.70 bits per heavy atom. The maximum Gasteiger partial charge on any atom is 0.271 e. The highest BCUT2D eigenvalue weighted by molar-refractivity contribution is 7.11. The minimum Gasteiger partial charge on any atom is -0.506 e. The number of non-ortho nitro benzene ring substituents is 1. The predicted molar refractivity (Wildman–Crippen MR) is 88.6 cm³/mol. The van der Waals surface area contributed by atoms with Crippen molar-refractivity contribution in [2.45, 2.75) is 0 Å². The van der Waals surface area contributed by atoms with Crippen molar-refractivity contribution < 1.29 is 10.0 Å². The summed E-state index contributed by atoms with van der Waals surface area (Å²) < 4.78 is 4.11. The number of hydrogen-bond donors (Lipinski definition) is 1. The van der Waals surface area contributed by atoms with E-state index in [1.54, 1.807) is 6.07 Å². The zero-order valence-corrected chi connectivity index (χ0v) is 13.4. The molecule has 0 radical (unpaired) electrons. The normalized spacial score (nSPS) is 11.4. The molecule has 0 aliphatic heterocycles. The lowest BCUT2D eigenvalue weighted by atomic mass is 10.2. The lowest BCUT2D eigenvalue weighted by Crippen LogP contribution is -1.86. The molecule has 0 aliphatic rings. The number of nitrogens with zero attached hydrogens (tertiary/aromatic N) is 4. The number of rotatable bonds is 3. The van der Waals surface area contributed by atoms with E-state index in [2.05, 4.69) is 14.6 Å². The molecule has 1 N–H and O–H groups in total. The third-order valence-electron chi connectivity index (χ3n) is 2.94. The average Bonchev–Trinajstić information content (AvgIpc) is 2.94. The van der Waals surface area contributed by atoms with Gasteiger partial charge in [-0.25, -0.2) is 0 Å². The number of azo groups is 1. The number of benzene rings is 2. The van der Waals surface area contributed by atoms with E-state index in [1.807, 2.05) is 0 Å². The molecule has 0 saturated carbocycles. The van der Waals surface area contributed by atoms with E-state index < -0.39 is 4.92 Å². The van der Waals surface area contributed by atoms with Gasteiger partial charge < -0.3 is 5.11 Å². The Labute approximate surface area is 143 Å². The standard InChI is InChI=1S/C13H6Cl2N4O3S/c14-11-8(3-4-10(20)12(11)15)16-17-13-7-2-1-6(19(21)22)5-9(7)18-23-13/h1-5,20H. The van der Waals surface area contributed by atoms with E-state index in [0.29, 0.717) is 15.9 Å². The minimum atomic E-state index is -0.488. The monoisotopic (exact) mass is 368 g/mol. The third-order valence-corrected chi connectivity index (χ3v) is 4.57. The molecule has 0 aliphatic carbocycles. The van der Waals surface area contributed by atoms with Gasteiger partial charge in [0.05, 0.1) is 15.5 Å². The van der Waals surface area contributed by atoms with Gasteiger partial charge in [0.1, 0.15) is 16.5 Å². The number of fused-ring (bicyclic) bond motifs is 1. The number of aromatic hydroxyl groups is 1. The van der Waals surface area contributed by atoms with Crippen molar-refractivity contribution >= 4 is 62.0 Å². The second-order valence-electron chi connectivity index (χ2n) is 4.38. The van der Waals surface area contributed by atoms with Crippen LogP contribution in [0, 0.1) is 10.1 Å². The van der Waals surface area contributed by atoms with E-state index in [0.717, 1.165) is 11.5 Å². The molecule has 10 heteroatoms. The second kappa shape index (κ2) is 6.07. The first-order valence-corrected chi connectivity index (χ1v) is 7.63. The Morgan fingerprint density at radius 1 is 1.17 bits per heavy atom. The van der Waals surface area contributed by atoms with Crippen LogP contribution in [0.2, 0.25) is 10.0 Å². The summed E-state index contributed by atoms with van der Waals surface area (Å²) in [5.74, 6) is -0.147. The second-order valence-corrected chi connectivity index (χ2v) is 5.89. The molecule has 3 rings (SSSR count). The first kappa shape index (κ1) is 15.6. The van der Waals surface area contributed by atoms with Crippen molar-refractivity contribution in [1.29, 1.82) is 0 Å². The van der Waals surface area contributed by atoms with Gasteiger partial charge in [-0.1, -0.05) is 23.2 Å². The molecule has 0 fully saturated rings. The lowest BCUT2D eigenvalue weighted by molar-refractivity contribution is -0.384. The van der Waals surface area contributed by atoms with Gasteiger partial charge in [-0.3, -0.25) is 10.1 Å². The molecule has 0 saturated heterocycles. The van der Waals surface area contributed by atoms with Crippen molar-refractivity contribution in [3.8, 4) is 5.75 Å². The van der Waals surface area contributed by atoms with Gasteiger partial charge in [0.2, 0.25) is 0 Å². The van der Waals surface area contributed by atoms with Crippen molar-refractivity contribution in [2.75, 3.05) is 0 Å². The van der Waals surface area contributed by atoms with E-state index in [-0.39, 0.29) is 27.2 Å². The number of hydrogen-bond acceptors (Lipinski definition) is 7. The molecule has 0 unspecified atom stereocenters. The largest absolute Gasteiger partial charge is 0.506 e. The van der Waals surface area contributed by atoms with Crippen LogP contribution in [0.25, 0.3) is 10.9 Å². The Kier molecular flexibility index (Phi) is 4.12. The van der Waals surface area contributed by atoms with Crippen LogP contribution in [0.5, 0.6) is 5.75 Å². The van der Waals surface area contributed by atoms with Crippen LogP contribution >= 0.6 is 34.7 Å². The Hall–Kier alpha value is -2.29. The average molecular weight is 369 g/mol. The molecule has 0 atom stereocenters. The molecule has 0 bridgehead atoms. The summed E-state index contributed by atoms with van der Waals surface area (Å²) in [4.78, 5) is 10.3. The summed E-state index contributed by atoms with van der Waals surface area (Å²) in [5, 5.41) is 29.4. The molecule has 116 valence electrons. The van der Waals surface area contributed by atoms with Crippen LogP contribution in [-0.4, -0.2) is 14.4 Å². The first-order chi connectivity index (χ1) is 11.0. The van der Waals surface area contributed by atoms with Crippen LogP contribution in [0.1, 0.15) is 0 Å². The van der Waals surface area contributed by atoms with Crippen LogP contribution < -0.4 is 0 Å². The summed E-state index contributed by atoms with van der Waals surface area (Å²) in [7, 11) is 0. The number of nitro groups is 1. The molecule has 1 heterocycles. The van der Waals surface area contributed by atoms with Gasteiger partial charge in [0.25, 0.3) is 5.69 Å². The van der Waals surface area contributed by atoms with E-state index in [1.165, 1.54) is 24.3 Å². The highest BCUT2D eigenvalue weighted by atomic mass is 35.5. The van der Waals surface area contributed by atoms with Crippen LogP contribution in [0.15, 0.2) is 40.6 Å². The van der Waals surface area contributed by atoms with Gasteiger partial charge >= 0.3 is 0 Å². The first-order valence-electron chi connectivity index (χ1n) is 6.10. The highest BCUT2D eigenvalue weighted by Gasteiger charge is 2.12. The summed E-state index contributed by atoms with van der Waals surface area (Å²) in [6.45, 7) is 0. The molecule has 23 heavy (non-hydrogen) atoms. The molecular formula is C13H6Cl2N4O3S. The minimum absolute atomic E-state index is 0.00657. The summed E-state index contributed by atoms with van der Waals surface area (Å²) in [6.07, 6.45) is 0. The summed E-state index contributed by atoms with van der Waals surface area (Å²) in [6, 6.07) is 7.14. The SMILES string of the molecule is O=[N+]([O-])c1ccc2c(N=Nc3ccc(O)c(Cl)c3Cl)snc2c1. The van der Waals surface area contributed by atoms with E-state index in [4.69, 9.17) is 23.2 Å². The van der Waals surface area contributed by atoms with Crippen LogP contribution in [-0.2, 0) is 0 Å². The zero-order valence-electron chi connectivity index (χ0n) is 11.1. The fraction of sp³-hybridized carbons (Fsp3) is 0. The molecule has 3 aromatic rings. The van der Waals surface area contributed by atoms with Crippen molar-refractivity contribution in [3.05, 3.63) is 50.5 Å². The van der Waals surface area contributed by atoms with Crippen molar-refractivity contribution in [3.63, 3.8) is 0 Å². The third kappa shape index (κ3) is 2.96. The number of halogens is 2. The van der Waals surface area contributed by atoms with Crippen molar-refractivity contribution in [2.24, 2.45) is 10.2 Å². The number of phenols is 1. The maximum atomic E-state index is 10.8. The van der Waals surface area contributed by atoms with Gasteiger partial charge in [-0.05, 0) is 29.7 Å². The Bertz CT molecular complexity index is 958. The number of nitro benzene ring substituents is 1. The van der Waals surface area contributed by atoms with Crippen molar-refractivity contribution in [1.82, 2.24) is 4.37 Å². The smallest absolute Gasteiger partial charge is 0.271 e. The number of aromatic nitrogens is 1. The fourth-order valence-corrected chi connectivity index (χ4v) is 2.85. The fourth-order valence-electron chi connectivity index (χ4n) is 1.81. The highest BCUT2D eigenvalue weighted by Crippen LogP contribution is 2.40. The molecule has 7 nitrogen and oxygen atoms in total. The molecular weight excluding hydrogens is 363 g/mol. The summed E-state index contributed by atoms with van der Waals surface area (Å²) >= 11 is 12.9. The lowest BCUT2D eigenvalue weighted by Gasteiger charge is -2.01. The Morgan fingerprint density at radius 2 is 1.96 bits per heavy atom. The topological polar surface area (TPSA) is 101 Å². The quantitative estimate of drug-likeness (QED) is 0.367. The molecule has 2 aromatic carbocycles.